The van der Waals surface area contributed by atoms with E-state index in [1.54, 1.807) is 6.20 Å². The Morgan fingerprint density at radius 2 is 1.84 bits per heavy atom. The Balaban J connectivity index is 1.40. The van der Waals surface area contributed by atoms with Crippen molar-refractivity contribution in [1.82, 2.24) is 15.0 Å². The van der Waals surface area contributed by atoms with Gasteiger partial charge in [0.15, 0.2) is 0 Å². The van der Waals surface area contributed by atoms with Crippen molar-refractivity contribution in [2.24, 2.45) is 0 Å². The Bertz CT molecular complexity index is 1250. The van der Waals surface area contributed by atoms with E-state index in [-0.39, 0.29) is 12.0 Å². The average Bonchev–Trinajstić information content (AvgIpc) is 3.34. The summed E-state index contributed by atoms with van der Waals surface area (Å²) in [6, 6.07) is 15.0. The lowest BCUT2D eigenvalue weighted by Crippen LogP contribution is -2.53. The lowest BCUT2D eigenvalue weighted by atomic mass is 10.1. The fourth-order valence-electron chi connectivity index (χ4n) is 5.40. The lowest BCUT2D eigenvalue weighted by Gasteiger charge is -2.41. The molecule has 8 heteroatoms. The summed E-state index contributed by atoms with van der Waals surface area (Å²) in [5.74, 6) is 2.38. The zero-order valence-corrected chi connectivity index (χ0v) is 22.2. The van der Waals surface area contributed by atoms with Gasteiger partial charge in [-0.1, -0.05) is 30.3 Å². The van der Waals surface area contributed by atoms with Crippen molar-refractivity contribution in [3.63, 3.8) is 0 Å². The van der Waals surface area contributed by atoms with E-state index in [2.05, 4.69) is 63.9 Å². The number of esters is 1. The van der Waals surface area contributed by atoms with Crippen molar-refractivity contribution in [2.75, 3.05) is 47.5 Å². The Kier molecular flexibility index (Phi) is 7.26. The highest BCUT2D eigenvalue weighted by molar-refractivity contribution is 5.89. The predicted octanol–water partition coefficient (Wildman–Crippen LogP) is 4.73. The molecule has 4 heterocycles. The summed E-state index contributed by atoms with van der Waals surface area (Å²) in [6.07, 6.45) is 3.97. The van der Waals surface area contributed by atoms with Crippen molar-refractivity contribution < 1.29 is 9.53 Å². The van der Waals surface area contributed by atoms with Gasteiger partial charge in [-0.05, 0) is 52.2 Å². The molecule has 2 saturated heterocycles. The minimum absolute atomic E-state index is 0.224. The number of carbonyl (C=O) groups excluding carboxylic acids is 1. The number of pyridine rings is 1. The van der Waals surface area contributed by atoms with Gasteiger partial charge in [-0.3, -0.25) is 0 Å². The number of anilines is 3. The van der Waals surface area contributed by atoms with Gasteiger partial charge in [-0.15, -0.1) is 0 Å². The molecule has 2 aromatic heterocycles. The summed E-state index contributed by atoms with van der Waals surface area (Å²) in [7, 11) is 0. The zero-order valence-electron chi connectivity index (χ0n) is 22.2. The minimum Gasteiger partial charge on any atom is -0.462 e. The first-order valence-electron chi connectivity index (χ1n) is 13.3. The summed E-state index contributed by atoms with van der Waals surface area (Å²) in [5.41, 5.74) is 3.53. The Labute approximate surface area is 219 Å². The van der Waals surface area contributed by atoms with Gasteiger partial charge in [0.2, 0.25) is 5.95 Å². The third kappa shape index (κ3) is 5.24. The van der Waals surface area contributed by atoms with Crippen LogP contribution in [-0.2, 0) is 4.74 Å². The maximum atomic E-state index is 12.1. The largest absolute Gasteiger partial charge is 0.462 e. The number of ether oxygens (including phenoxy) is 1. The second-order valence-corrected chi connectivity index (χ2v) is 10.0. The Morgan fingerprint density at radius 3 is 2.51 bits per heavy atom. The van der Waals surface area contributed by atoms with E-state index in [1.165, 1.54) is 12.8 Å². The number of benzene rings is 1. The van der Waals surface area contributed by atoms with Crippen LogP contribution in [0.25, 0.3) is 11.3 Å². The van der Waals surface area contributed by atoms with Crippen LogP contribution in [0.15, 0.2) is 48.7 Å². The van der Waals surface area contributed by atoms with E-state index in [0.717, 1.165) is 60.6 Å². The highest BCUT2D eigenvalue weighted by Gasteiger charge is 2.29. The van der Waals surface area contributed by atoms with Crippen LogP contribution in [0.2, 0.25) is 0 Å². The second kappa shape index (κ2) is 10.7. The van der Waals surface area contributed by atoms with Crippen LogP contribution in [0.4, 0.5) is 17.6 Å². The monoisotopic (exact) mass is 500 g/mol. The molecule has 2 atom stereocenters. The van der Waals surface area contributed by atoms with Crippen LogP contribution in [-0.4, -0.2) is 65.8 Å². The molecule has 0 N–H and O–H groups in total. The molecule has 1 unspecified atom stereocenters. The van der Waals surface area contributed by atoms with E-state index in [4.69, 9.17) is 14.7 Å². The average molecular weight is 501 g/mol. The van der Waals surface area contributed by atoms with Crippen molar-refractivity contribution in [1.29, 1.82) is 0 Å². The normalized spacial score (nSPS) is 19.8. The maximum absolute atomic E-state index is 12.1. The van der Waals surface area contributed by atoms with Gasteiger partial charge in [0.05, 0.1) is 17.9 Å². The first kappa shape index (κ1) is 25.0. The number of aromatic nitrogens is 3. The van der Waals surface area contributed by atoms with Crippen molar-refractivity contribution in [3.05, 3.63) is 59.8 Å². The molecular formula is C29H36N6O2. The van der Waals surface area contributed by atoms with Gasteiger partial charge >= 0.3 is 5.97 Å². The van der Waals surface area contributed by atoms with E-state index in [9.17, 15) is 4.79 Å². The molecule has 0 radical (unpaired) electrons. The predicted molar refractivity (Wildman–Crippen MR) is 147 cm³/mol. The maximum Gasteiger partial charge on any atom is 0.339 e. The molecular weight excluding hydrogens is 464 g/mol. The molecule has 194 valence electrons. The molecule has 5 rings (SSSR count). The quantitative estimate of drug-likeness (QED) is 0.450. The SMILES string of the molecule is CCOC(=O)c1cnc(N2CCN(c3cc(-c4ccccc4)nc(N4CCCC4C)n3)[C@H](C)C2)c(C)c1. The van der Waals surface area contributed by atoms with Gasteiger partial charge in [-0.2, -0.15) is 4.98 Å². The van der Waals surface area contributed by atoms with Gasteiger partial charge in [-0.25, -0.2) is 14.8 Å². The molecule has 0 bridgehead atoms. The molecule has 0 aliphatic carbocycles. The van der Waals surface area contributed by atoms with Crippen LogP contribution >= 0.6 is 0 Å². The topological polar surface area (TPSA) is 74.7 Å². The third-order valence-corrected chi connectivity index (χ3v) is 7.36. The van der Waals surface area contributed by atoms with Crippen molar-refractivity contribution in [2.45, 2.75) is 52.6 Å². The summed E-state index contributed by atoms with van der Waals surface area (Å²) in [4.78, 5) is 33.9. The van der Waals surface area contributed by atoms with Gasteiger partial charge in [0.1, 0.15) is 11.6 Å². The smallest absolute Gasteiger partial charge is 0.339 e. The molecule has 1 aromatic carbocycles. The van der Waals surface area contributed by atoms with E-state index < -0.39 is 0 Å². The van der Waals surface area contributed by atoms with Gasteiger partial charge in [0.25, 0.3) is 0 Å². The molecule has 0 saturated carbocycles. The molecule has 2 fully saturated rings. The highest BCUT2D eigenvalue weighted by atomic mass is 16.5. The van der Waals surface area contributed by atoms with E-state index in [0.29, 0.717) is 18.2 Å². The number of hydrogen-bond donors (Lipinski definition) is 0. The third-order valence-electron chi connectivity index (χ3n) is 7.36. The summed E-state index contributed by atoms with van der Waals surface area (Å²) >= 11 is 0. The number of nitrogens with zero attached hydrogens (tertiary/aromatic N) is 6. The number of carbonyl (C=O) groups is 1. The minimum atomic E-state index is -0.330. The van der Waals surface area contributed by atoms with Crippen LogP contribution in [0.1, 0.15) is 49.5 Å². The Hall–Kier alpha value is -3.68. The lowest BCUT2D eigenvalue weighted by molar-refractivity contribution is 0.0526. The molecule has 0 amide bonds. The summed E-state index contributed by atoms with van der Waals surface area (Å²) in [5, 5.41) is 0. The zero-order chi connectivity index (χ0) is 25.9. The first-order valence-corrected chi connectivity index (χ1v) is 13.3. The standard InChI is InChI=1S/C29H36N6O2/c1-5-37-28(36)24-16-20(2)27(30-18-24)33-14-15-34(22(4)19-33)26-17-25(23-11-7-6-8-12-23)31-29(32-26)35-13-9-10-21(35)3/h6-8,11-12,16-18,21-22H,5,9-10,13-15,19H2,1-4H3/t21?,22-/m1/s1. The van der Waals surface area contributed by atoms with E-state index >= 15 is 0 Å². The molecule has 0 spiro atoms. The van der Waals surface area contributed by atoms with Gasteiger partial charge < -0.3 is 19.4 Å². The van der Waals surface area contributed by atoms with Crippen LogP contribution < -0.4 is 14.7 Å². The fraction of sp³-hybridized carbons (Fsp3) is 0.448. The fourth-order valence-corrected chi connectivity index (χ4v) is 5.40. The molecule has 2 aliphatic rings. The molecule has 8 nitrogen and oxygen atoms in total. The van der Waals surface area contributed by atoms with Crippen molar-refractivity contribution >= 4 is 23.6 Å². The number of hydrogen-bond acceptors (Lipinski definition) is 8. The first-order chi connectivity index (χ1) is 17.9. The van der Waals surface area contributed by atoms with Crippen LogP contribution in [0, 0.1) is 6.92 Å². The van der Waals surface area contributed by atoms with Gasteiger partial charge in [0, 0.05) is 56.1 Å². The Morgan fingerprint density at radius 1 is 1.03 bits per heavy atom. The number of aryl methyl sites for hydroxylation is 1. The van der Waals surface area contributed by atoms with Crippen molar-refractivity contribution in [3.8, 4) is 11.3 Å². The van der Waals surface area contributed by atoms with Crippen LogP contribution in [0.3, 0.4) is 0 Å². The molecule has 37 heavy (non-hydrogen) atoms. The molecule has 2 aliphatic heterocycles. The van der Waals surface area contributed by atoms with E-state index in [1.807, 2.05) is 26.0 Å². The highest BCUT2D eigenvalue weighted by Crippen LogP contribution is 2.31. The summed E-state index contributed by atoms with van der Waals surface area (Å²) in [6.45, 7) is 12.1. The van der Waals surface area contributed by atoms with Crippen LogP contribution in [0.5, 0.6) is 0 Å². The molecule has 3 aromatic rings. The number of piperazine rings is 1. The summed E-state index contributed by atoms with van der Waals surface area (Å²) < 4.78 is 5.13. The number of rotatable bonds is 6. The second-order valence-electron chi connectivity index (χ2n) is 10.0.